The van der Waals surface area contributed by atoms with Gasteiger partial charge in [-0.25, -0.2) is 9.59 Å². The molecule has 7 heteroatoms. The molecular weight excluding hydrogens is 238 g/mol. The molecule has 7 nitrogen and oxygen atoms in total. The Kier molecular flexibility index (Phi) is 4.94. The Labute approximate surface area is 105 Å². The fraction of sp³-hybridized carbons (Fsp3) is 0.727. The van der Waals surface area contributed by atoms with E-state index in [4.69, 9.17) is 5.11 Å². The van der Waals surface area contributed by atoms with Gasteiger partial charge in [0, 0.05) is 13.0 Å². The van der Waals surface area contributed by atoms with Gasteiger partial charge in [-0.2, -0.15) is 0 Å². The zero-order valence-corrected chi connectivity index (χ0v) is 10.5. The van der Waals surface area contributed by atoms with Gasteiger partial charge in [0.25, 0.3) is 0 Å². The smallest absolute Gasteiger partial charge is 0.326 e. The molecule has 4 N–H and O–H groups in total. The number of hydrogen-bond acceptors (Lipinski definition) is 3. The van der Waals surface area contributed by atoms with Gasteiger partial charge in [-0.3, -0.25) is 4.79 Å². The fourth-order valence-electron chi connectivity index (χ4n) is 1.79. The maximum atomic E-state index is 11.6. The van der Waals surface area contributed by atoms with Crippen LogP contribution in [0.5, 0.6) is 0 Å². The molecule has 3 amide bonds. The maximum absolute atomic E-state index is 11.6. The molecule has 0 aromatic rings. The van der Waals surface area contributed by atoms with Crippen molar-refractivity contribution >= 4 is 17.9 Å². The predicted octanol–water partition coefficient (Wildman–Crippen LogP) is -0.327. The first-order valence-corrected chi connectivity index (χ1v) is 5.95. The highest BCUT2D eigenvalue weighted by molar-refractivity contribution is 5.84. The summed E-state index contributed by atoms with van der Waals surface area (Å²) in [6.45, 7) is 4.15. The summed E-state index contributed by atoms with van der Waals surface area (Å²) in [5.41, 5.74) is 0. The van der Waals surface area contributed by atoms with Gasteiger partial charge in [0.05, 0.1) is 6.04 Å². The highest BCUT2D eigenvalue weighted by atomic mass is 16.4. The summed E-state index contributed by atoms with van der Waals surface area (Å²) in [6.07, 6.45) is 0.597. The molecule has 0 bridgehead atoms. The Hall–Kier alpha value is -1.79. The van der Waals surface area contributed by atoms with E-state index in [1.54, 1.807) is 0 Å². The molecule has 18 heavy (non-hydrogen) atoms. The minimum atomic E-state index is -1.06. The molecule has 1 fully saturated rings. The van der Waals surface area contributed by atoms with Crippen LogP contribution in [-0.2, 0) is 9.59 Å². The fourth-order valence-corrected chi connectivity index (χ4v) is 1.79. The second kappa shape index (κ2) is 6.23. The lowest BCUT2D eigenvalue weighted by atomic mass is 10.0. The van der Waals surface area contributed by atoms with Crippen LogP contribution < -0.4 is 16.0 Å². The van der Waals surface area contributed by atoms with Crippen molar-refractivity contribution in [3.63, 3.8) is 0 Å². The molecule has 0 aromatic heterocycles. The van der Waals surface area contributed by atoms with E-state index in [9.17, 15) is 14.4 Å². The molecule has 1 unspecified atom stereocenters. The van der Waals surface area contributed by atoms with Gasteiger partial charge in [-0.05, 0) is 12.3 Å². The third-order valence-corrected chi connectivity index (χ3v) is 2.62. The van der Waals surface area contributed by atoms with Crippen molar-refractivity contribution < 1.29 is 19.5 Å². The van der Waals surface area contributed by atoms with E-state index in [1.807, 2.05) is 13.8 Å². The van der Waals surface area contributed by atoms with Crippen molar-refractivity contribution in [1.29, 1.82) is 0 Å². The van der Waals surface area contributed by atoms with Gasteiger partial charge in [-0.1, -0.05) is 13.8 Å². The molecule has 1 heterocycles. The molecule has 0 aliphatic carbocycles. The average Bonchev–Trinajstić information content (AvgIpc) is 2.62. The molecule has 1 aliphatic heterocycles. The number of amides is 3. The second-order valence-corrected chi connectivity index (χ2v) is 4.84. The molecule has 1 aliphatic rings. The summed E-state index contributed by atoms with van der Waals surface area (Å²) >= 11 is 0. The van der Waals surface area contributed by atoms with Gasteiger partial charge >= 0.3 is 12.0 Å². The number of carboxylic acids is 1. The van der Waals surface area contributed by atoms with Crippen LogP contribution in [0.4, 0.5) is 4.79 Å². The minimum Gasteiger partial charge on any atom is -0.480 e. The zero-order valence-electron chi connectivity index (χ0n) is 10.5. The third-order valence-electron chi connectivity index (χ3n) is 2.62. The molecule has 1 saturated heterocycles. The van der Waals surface area contributed by atoms with Crippen molar-refractivity contribution in [3.05, 3.63) is 0 Å². The molecular formula is C11H19N3O4. The number of hydrogen-bond donors (Lipinski definition) is 4. The molecule has 0 spiro atoms. The molecule has 0 radical (unpaired) electrons. The summed E-state index contributed by atoms with van der Waals surface area (Å²) in [7, 11) is 0. The van der Waals surface area contributed by atoms with Crippen LogP contribution in [0, 0.1) is 5.92 Å². The monoisotopic (exact) mass is 257 g/mol. The van der Waals surface area contributed by atoms with Crippen molar-refractivity contribution in [2.75, 3.05) is 6.54 Å². The Morgan fingerprint density at radius 2 is 2.17 bits per heavy atom. The summed E-state index contributed by atoms with van der Waals surface area (Å²) in [6, 6.07) is -1.73. The lowest BCUT2D eigenvalue weighted by molar-refractivity contribution is -0.139. The SMILES string of the molecule is CC(C)C[C@H](NC(=O)NC1CNC(=O)C1)C(=O)O. The van der Waals surface area contributed by atoms with Crippen LogP contribution in [0.3, 0.4) is 0 Å². The quantitative estimate of drug-likeness (QED) is 0.541. The Morgan fingerprint density at radius 1 is 1.50 bits per heavy atom. The third kappa shape index (κ3) is 4.60. The van der Waals surface area contributed by atoms with Gasteiger partial charge in [0.15, 0.2) is 0 Å². The number of aliphatic carboxylic acids is 1. The van der Waals surface area contributed by atoms with Crippen molar-refractivity contribution in [1.82, 2.24) is 16.0 Å². The molecule has 1 rings (SSSR count). The molecule has 2 atom stereocenters. The summed E-state index contributed by atoms with van der Waals surface area (Å²) in [5, 5.41) is 16.5. The zero-order chi connectivity index (χ0) is 13.7. The van der Waals surface area contributed by atoms with Crippen LogP contribution in [0.25, 0.3) is 0 Å². The first-order valence-electron chi connectivity index (χ1n) is 5.95. The van der Waals surface area contributed by atoms with Gasteiger partial charge in [0.1, 0.15) is 6.04 Å². The minimum absolute atomic E-state index is 0.114. The number of urea groups is 1. The van der Waals surface area contributed by atoms with Crippen LogP contribution in [0.1, 0.15) is 26.7 Å². The van der Waals surface area contributed by atoms with Crippen LogP contribution in [-0.4, -0.2) is 41.6 Å². The number of nitrogens with one attached hydrogen (secondary N) is 3. The lowest BCUT2D eigenvalue weighted by Gasteiger charge is -2.18. The van der Waals surface area contributed by atoms with Gasteiger partial charge in [0.2, 0.25) is 5.91 Å². The summed E-state index contributed by atoms with van der Waals surface area (Å²) in [5.74, 6) is -1.00. The average molecular weight is 257 g/mol. The van der Waals surface area contributed by atoms with E-state index >= 15 is 0 Å². The molecule has 102 valence electrons. The lowest BCUT2D eigenvalue weighted by Crippen LogP contribution is -2.49. The predicted molar refractivity (Wildman–Crippen MR) is 64.0 cm³/mol. The van der Waals surface area contributed by atoms with E-state index in [-0.39, 0.29) is 24.3 Å². The van der Waals surface area contributed by atoms with Crippen molar-refractivity contribution in [3.8, 4) is 0 Å². The first-order chi connectivity index (χ1) is 8.38. The summed E-state index contributed by atoms with van der Waals surface area (Å²) < 4.78 is 0. The van der Waals surface area contributed by atoms with Crippen LogP contribution in [0.15, 0.2) is 0 Å². The standard InChI is InChI=1S/C11H19N3O4/c1-6(2)3-8(10(16)17)14-11(18)13-7-4-9(15)12-5-7/h6-8H,3-5H2,1-2H3,(H,12,15)(H,16,17)(H2,13,14,18)/t7?,8-/m0/s1. The van der Waals surface area contributed by atoms with Gasteiger partial charge < -0.3 is 21.1 Å². The topological polar surface area (TPSA) is 108 Å². The number of carboxylic acid groups (broad SMARTS) is 1. The normalized spacial score (nSPS) is 20.4. The highest BCUT2D eigenvalue weighted by Gasteiger charge is 2.25. The highest BCUT2D eigenvalue weighted by Crippen LogP contribution is 2.05. The molecule has 0 aromatic carbocycles. The maximum Gasteiger partial charge on any atom is 0.326 e. The Bertz CT molecular complexity index is 343. The Balaban J connectivity index is 2.41. The van der Waals surface area contributed by atoms with Crippen LogP contribution in [0.2, 0.25) is 0 Å². The van der Waals surface area contributed by atoms with E-state index in [0.29, 0.717) is 13.0 Å². The van der Waals surface area contributed by atoms with Crippen molar-refractivity contribution in [2.45, 2.75) is 38.8 Å². The number of carbonyl (C=O) groups excluding carboxylic acids is 2. The summed E-state index contributed by atoms with van der Waals surface area (Å²) in [4.78, 5) is 33.5. The largest absolute Gasteiger partial charge is 0.480 e. The van der Waals surface area contributed by atoms with Crippen molar-refractivity contribution in [2.24, 2.45) is 5.92 Å². The van der Waals surface area contributed by atoms with Gasteiger partial charge in [-0.15, -0.1) is 0 Å². The van der Waals surface area contributed by atoms with E-state index in [2.05, 4.69) is 16.0 Å². The second-order valence-electron chi connectivity index (χ2n) is 4.84. The van der Waals surface area contributed by atoms with E-state index in [1.165, 1.54) is 0 Å². The Morgan fingerprint density at radius 3 is 2.61 bits per heavy atom. The number of carbonyl (C=O) groups is 3. The first kappa shape index (κ1) is 14.3. The molecule has 0 saturated carbocycles. The van der Waals surface area contributed by atoms with E-state index < -0.39 is 18.0 Å². The number of rotatable bonds is 5. The van der Waals surface area contributed by atoms with Crippen LogP contribution >= 0.6 is 0 Å². The van der Waals surface area contributed by atoms with E-state index in [0.717, 1.165) is 0 Å².